The molecule has 0 saturated heterocycles. The number of hydrogen-bond acceptors (Lipinski definition) is 0. The van der Waals surface area contributed by atoms with Crippen molar-refractivity contribution < 1.29 is 0 Å². The van der Waals surface area contributed by atoms with Crippen LogP contribution < -0.4 is 0 Å². The maximum Gasteiger partial charge on any atom is 0.00637 e. The van der Waals surface area contributed by atoms with Gasteiger partial charge >= 0.3 is 0 Å². The van der Waals surface area contributed by atoms with Crippen molar-refractivity contribution in [3.63, 3.8) is 0 Å². The van der Waals surface area contributed by atoms with Crippen LogP contribution in [0.25, 0.3) is 56.0 Å². The summed E-state index contributed by atoms with van der Waals surface area (Å²) < 4.78 is 0. The summed E-state index contributed by atoms with van der Waals surface area (Å²) in [7, 11) is 0. The molecule has 0 nitrogen and oxygen atoms in total. The lowest BCUT2D eigenvalue weighted by atomic mass is 9.81. The monoisotopic (exact) mass is 524 g/mol. The van der Waals surface area contributed by atoms with Crippen LogP contribution in [0.2, 0.25) is 0 Å². The molecule has 0 aromatic heterocycles. The van der Waals surface area contributed by atoms with Crippen LogP contribution in [0.4, 0.5) is 0 Å². The van der Waals surface area contributed by atoms with E-state index in [1.54, 1.807) is 0 Å². The van der Waals surface area contributed by atoms with Crippen molar-refractivity contribution >= 4 is 33.7 Å². The van der Waals surface area contributed by atoms with Gasteiger partial charge in [-0.05, 0) is 86.3 Å². The first-order valence-corrected chi connectivity index (χ1v) is 14.8. The fourth-order valence-corrected chi connectivity index (χ4v) is 7.49. The summed E-state index contributed by atoms with van der Waals surface area (Å²) in [6.07, 6.45) is 6.01. The standard InChI is InChI=1S/C41H32/c1-26-23-40-34(32-17-7-13-28-11-3-5-15-30(28)32)19-9-21-36(40)38(26)25-39-27(2)24-41-35(20-10-22-37(39)41)33-18-8-14-29-12-4-6-16-31(29)33/h3-24,38-39H,25H2,1-2H3. The van der Waals surface area contributed by atoms with E-state index in [4.69, 9.17) is 0 Å². The minimum absolute atomic E-state index is 0.417. The summed E-state index contributed by atoms with van der Waals surface area (Å²) in [5, 5.41) is 5.23. The zero-order valence-corrected chi connectivity index (χ0v) is 23.6. The summed E-state index contributed by atoms with van der Waals surface area (Å²) in [5.41, 5.74) is 14.0. The quantitative estimate of drug-likeness (QED) is 0.215. The Hall–Kier alpha value is -4.68. The van der Waals surface area contributed by atoms with Gasteiger partial charge < -0.3 is 0 Å². The molecule has 6 aromatic rings. The number of fused-ring (bicyclic) bond motifs is 4. The summed E-state index contributed by atoms with van der Waals surface area (Å²) in [6, 6.07) is 44.7. The van der Waals surface area contributed by atoms with Gasteiger partial charge in [0.2, 0.25) is 0 Å². The second kappa shape index (κ2) is 9.46. The SMILES string of the molecule is CC1=Cc2c(-c3cccc4ccccc34)cccc2C1CC1C(C)=Cc2c(-c3cccc4ccccc34)cccc21. The van der Waals surface area contributed by atoms with Crippen molar-refractivity contribution in [2.75, 3.05) is 0 Å². The molecule has 0 radical (unpaired) electrons. The van der Waals surface area contributed by atoms with Gasteiger partial charge in [0, 0.05) is 11.8 Å². The van der Waals surface area contributed by atoms with Crippen molar-refractivity contribution in [1.29, 1.82) is 0 Å². The van der Waals surface area contributed by atoms with Gasteiger partial charge in [-0.2, -0.15) is 0 Å². The average molecular weight is 525 g/mol. The number of allylic oxidation sites excluding steroid dienone is 2. The van der Waals surface area contributed by atoms with Gasteiger partial charge in [-0.15, -0.1) is 0 Å². The van der Waals surface area contributed by atoms with E-state index in [-0.39, 0.29) is 0 Å². The maximum atomic E-state index is 2.46. The smallest absolute Gasteiger partial charge is 0.00637 e. The Kier molecular flexibility index (Phi) is 5.57. The lowest BCUT2D eigenvalue weighted by Gasteiger charge is -2.23. The lowest BCUT2D eigenvalue weighted by molar-refractivity contribution is 0.643. The zero-order chi connectivity index (χ0) is 27.5. The number of hydrogen-bond donors (Lipinski definition) is 0. The second-order valence-electron chi connectivity index (χ2n) is 11.8. The van der Waals surface area contributed by atoms with Gasteiger partial charge in [-0.3, -0.25) is 0 Å². The van der Waals surface area contributed by atoms with E-state index in [1.807, 2.05) is 0 Å². The molecule has 2 aliphatic rings. The third kappa shape index (κ3) is 3.82. The molecule has 196 valence electrons. The highest BCUT2D eigenvalue weighted by Gasteiger charge is 2.32. The Balaban J connectivity index is 1.19. The summed E-state index contributed by atoms with van der Waals surface area (Å²) in [5.74, 6) is 0.834. The van der Waals surface area contributed by atoms with Gasteiger partial charge in [0.25, 0.3) is 0 Å². The van der Waals surface area contributed by atoms with E-state index in [1.165, 1.54) is 77.2 Å². The molecular formula is C41H32. The van der Waals surface area contributed by atoms with E-state index < -0.39 is 0 Å². The van der Waals surface area contributed by atoms with Crippen LogP contribution in [0.1, 0.15) is 54.4 Å². The van der Waals surface area contributed by atoms with Crippen LogP contribution in [0.15, 0.2) is 132 Å². The first-order valence-electron chi connectivity index (χ1n) is 14.8. The molecule has 6 aromatic carbocycles. The molecule has 2 atom stereocenters. The second-order valence-corrected chi connectivity index (χ2v) is 11.8. The van der Waals surface area contributed by atoms with Crippen molar-refractivity contribution in [3.8, 4) is 22.3 Å². The molecule has 0 spiro atoms. The van der Waals surface area contributed by atoms with E-state index in [0.29, 0.717) is 11.8 Å². The molecule has 0 N–H and O–H groups in total. The van der Waals surface area contributed by atoms with Gasteiger partial charge in [-0.25, -0.2) is 0 Å². The Morgan fingerprint density at radius 3 is 1.29 bits per heavy atom. The molecule has 0 heteroatoms. The van der Waals surface area contributed by atoms with Gasteiger partial charge in [0.15, 0.2) is 0 Å². The van der Waals surface area contributed by atoms with Gasteiger partial charge in [-0.1, -0.05) is 145 Å². The number of benzene rings is 6. The first kappa shape index (κ1) is 24.1. The predicted octanol–water partition coefficient (Wildman–Crippen LogP) is 11.4. The fourth-order valence-electron chi connectivity index (χ4n) is 7.49. The van der Waals surface area contributed by atoms with Crippen LogP contribution in [0.5, 0.6) is 0 Å². The molecule has 0 amide bonds. The summed E-state index contributed by atoms with van der Waals surface area (Å²) in [4.78, 5) is 0. The van der Waals surface area contributed by atoms with Gasteiger partial charge in [0.05, 0.1) is 0 Å². The predicted molar refractivity (Wildman–Crippen MR) is 176 cm³/mol. The molecule has 0 fully saturated rings. The third-order valence-corrected chi connectivity index (χ3v) is 9.50. The minimum Gasteiger partial charge on any atom is -0.0651 e. The van der Waals surface area contributed by atoms with Gasteiger partial charge in [0.1, 0.15) is 0 Å². The minimum atomic E-state index is 0.417. The largest absolute Gasteiger partial charge is 0.0651 e. The zero-order valence-electron chi connectivity index (χ0n) is 23.6. The highest BCUT2D eigenvalue weighted by atomic mass is 14.4. The fraction of sp³-hybridized carbons (Fsp3) is 0.122. The summed E-state index contributed by atoms with van der Waals surface area (Å²) in [6.45, 7) is 4.66. The maximum absolute atomic E-state index is 2.46. The van der Waals surface area contributed by atoms with Crippen LogP contribution in [-0.4, -0.2) is 0 Å². The Morgan fingerprint density at radius 1 is 0.415 bits per heavy atom. The molecule has 0 bridgehead atoms. The van der Waals surface area contributed by atoms with Crippen LogP contribution in [0.3, 0.4) is 0 Å². The Morgan fingerprint density at radius 2 is 0.805 bits per heavy atom. The van der Waals surface area contributed by atoms with E-state index in [2.05, 4.69) is 147 Å². The molecule has 0 saturated carbocycles. The molecule has 2 aliphatic carbocycles. The normalized spacial score (nSPS) is 17.4. The van der Waals surface area contributed by atoms with Crippen LogP contribution in [-0.2, 0) is 0 Å². The first-order chi connectivity index (χ1) is 20.2. The highest BCUT2D eigenvalue weighted by Crippen LogP contribution is 2.51. The van der Waals surface area contributed by atoms with E-state index >= 15 is 0 Å². The average Bonchev–Trinajstić information content (AvgIpc) is 3.51. The highest BCUT2D eigenvalue weighted by molar-refractivity contribution is 6.00. The molecule has 2 unspecified atom stereocenters. The molecule has 8 rings (SSSR count). The van der Waals surface area contributed by atoms with Crippen molar-refractivity contribution in [3.05, 3.63) is 155 Å². The van der Waals surface area contributed by atoms with Crippen molar-refractivity contribution in [2.45, 2.75) is 32.1 Å². The Labute approximate surface area is 242 Å². The van der Waals surface area contributed by atoms with Crippen molar-refractivity contribution in [2.24, 2.45) is 0 Å². The number of rotatable bonds is 4. The molecular weight excluding hydrogens is 492 g/mol. The topological polar surface area (TPSA) is 0 Å². The van der Waals surface area contributed by atoms with E-state index in [9.17, 15) is 0 Å². The molecule has 0 heterocycles. The van der Waals surface area contributed by atoms with Crippen molar-refractivity contribution in [1.82, 2.24) is 0 Å². The molecule has 41 heavy (non-hydrogen) atoms. The third-order valence-electron chi connectivity index (χ3n) is 9.50. The summed E-state index contributed by atoms with van der Waals surface area (Å²) >= 11 is 0. The van der Waals surface area contributed by atoms with Crippen LogP contribution >= 0.6 is 0 Å². The Bertz CT molecular complexity index is 1890. The van der Waals surface area contributed by atoms with Crippen LogP contribution in [0, 0.1) is 0 Å². The lowest BCUT2D eigenvalue weighted by Crippen LogP contribution is -2.06. The molecule has 0 aliphatic heterocycles. The van der Waals surface area contributed by atoms with E-state index in [0.717, 1.165) is 6.42 Å².